The van der Waals surface area contributed by atoms with Crippen molar-refractivity contribution in [3.8, 4) is 0 Å². The van der Waals surface area contributed by atoms with E-state index in [2.05, 4.69) is 10.6 Å². The molecule has 5 heteroatoms. The third kappa shape index (κ3) is 4.16. The predicted octanol–water partition coefficient (Wildman–Crippen LogP) is 1.47. The van der Waals surface area contributed by atoms with Crippen molar-refractivity contribution < 1.29 is 14.0 Å². The zero-order valence-electron chi connectivity index (χ0n) is 10.5. The van der Waals surface area contributed by atoms with E-state index in [0.717, 1.165) is 6.42 Å². The second kappa shape index (κ2) is 6.74. The molecular weight excluding hydrogens is 235 g/mol. The first-order chi connectivity index (χ1) is 8.54. The Balaban J connectivity index is 2.47. The molecule has 1 aromatic rings. The van der Waals surface area contributed by atoms with Gasteiger partial charge in [0, 0.05) is 6.04 Å². The van der Waals surface area contributed by atoms with Crippen LogP contribution in [-0.4, -0.2) is 24.4 Å². The van der Waals surface area contributed by atoms with Crippen LogP contribution in [0.2, 0.25) is 0 Å². The van der Waals surface area contributed by atoms with Crippen molar-refractivity contribution in [2.24, 2.45) is 0 Å². The minimum absolute atomic E-state index is 0.0582. The quantitative estimate of drug-likeness (QED) is 0.833. The Morgan fingerprint density at radius 2 is 2.00 bits per heavy atom. The monoisotopic (exact) mass is 252 g/mol. The first-order valence-electron chi connectivity index (χ1n) is 5.86. The van der Waals surface area contributed by atoms with E-state index in [1.165, 1.54) is 18.2 Å². The van der Waals surface area contributed by atoms with Crippen molar-refractivity contribution in [3.63, 3.8) is 0 Å². The van der Waals surface area contributed by atoms with Crippen molar-refractivity contribution in [1.29, 1.82) is 0 Å². The summed E-state index contributed by atoms with van der Waals surface area (Å²) in [5.74, 6) is -1.47. The molecule has 1 atom stereocenters. The van der Waals surface area contributed by atoms with Gasteiger partial charge < -0.3 is 10.6 Å². The minimum Gasteiger partial charge on any atom is -0.352 e. The largest absolute Gasteiger partial charge is 0.352 e. The van der Waals surface area contributed by atoms with Gasteiger partial charge in [-0.15, -0.1) is 0 Å². The molecule has 1 aromatic carbocycles. The summed E-state index contributed by atoms with van der Waals surface area (Å²) in [6.45, 7) is 3.66. The lowest BCUT2D eigenvalue weighted by atomic mass is 10.2. The van der Waals surface area contributed by atoms with Crippen molar-refractivity contribution in [2.75, 3.05) is 6.54 Å². The molecule has 18 heavy (non-hydrogen) atoms. The highest BCUT2D eigenvalue weighted by Crippen LogP contribution is 2.05. The highest BCUT2D eigenvalue weighted by molar-refractivity contribution is 5.96. The van der Waals surface area contributed by atoms with E-state index in [0.29, 0.717) is 0 Å². The van der Waals surface area contributed by atoms with Crippen LogP contribution in [0.1, 0.15) is 30.6 Å². The average molecular weight is 252 g/mol. The number of halogens is 1. The fourth-order valence-electron chi connectivity index (χ4n) is 1.33. The van der Waals surface area contributed by atoms with Crippen molar-refractivity contribution >= 4 is 11.8 Å². The van der Waals surface area contributed by atoms with Gasteiger partial charge in [0.15, 0.2) is 0 Å². The molecule has 0 unspecified atom stereocenters. The number of amides is 2. The maximum atomic E-state index is 13.3. The summed E-state index contributed by atoms with van der Waals surface area (Å²) >= 11 is 0. The van der Waals surface area contributed by atoms with Gasteiger partial charge in [-0.2, -0.15) is 0 Å². The number of carbonyl (C=O) groups excluding carboxylic acids is 2. The molecule has 0 bridgehead atoms. The maximum Gasteiger partial charge on any atom is 0.254 e. The van der Waals surface area contributed by atoms with Gasteiger partial charge in [0.1, 0.15) is 5.82 Å². The zero-order valence-corrected chi connectivity index (χ0v) is 10.5. The van der Waals surface area contributed by atoms with E-state index in [1.807, 2.05) is 13.8 Å². The van der Waals surface area contributed by atoms with Crippen LogP contribution in [0.15, 0.2) is 24.3 Å². The van der Waals surface area contributed by atoms with E-state index in [4.69, 9.17) is 0 Å². The van der Waals surface area contributed by atoms with E-state index in [9.17, 15) is 14.0 Å². The van der Waals surface area contributed by atoms with E-state index in [1.54, 1.807) is 6.07 Å². The Morgan fingerprint density at radius 3 is 2.61 bits per heavy atom. The molecule has 4 nitrogen and oxygen atoms in total. The molecule has 0 aromatic heterocycles. The molecule has 0 spiro atoms. The molecule has 0 aliphatic carbocycles. The Bertz CT molecular complexity index is 435. The van der Waals surface area contributed by atoms with E-state index < -0.39 is 11.7 Å². The Labute approximate surface area is 106 Å². The first kappa shape index (κ1) is 14.2. The number of carbonyl (C=O) groups is 2. The molecule has 98 valence electrons. The number of hydrogen-bond donors (Lipinski definition) is 2. The van der Waals surface area contributed by atoms with Gasteiger partial charge in [0.25, 0.3) is 5.91 Å². The standard InChI is InChI=1S/C13H17FN2O2/c1-3-9(2)16-12(17)8-15-13(18)10-6-4-5-7-11(10)14/h4-7,9H,3,8H2,1-2H3,(H,15,18)(H,16,17)/t9-/m0/s1. The smallest absolute Gasteiger partial charge is 0.254 e. The highest BCUT2D eigenvalue weighted by atomic mass is 19.1. The topological polar surface area (TPSA) is 58.2 Å². The van der Waals surface area contributed by atoms with Crippen LogP contribution in [0, 0.1) is 5.82 Å². The lowest BCUT2D eigenvalue weighted by Gasteiger charge is -2.11. The SMILES string of the molecule is CC[C@H](C)NC(=O)CNC(=O)c1ccccc1F. The van der Waals surface area contributed by atoms with Crippen LogP contribution < -0.4 is 10.6 Å². The number of hydrogen-bond acceptors (Lipinski definition) is 2. The average Bonchev–Trinajstić information content (AvgIpc) is 2.36. The van der Waals surface area contributed by atoms with Crippen LogP contribution in [0.25, 0.3) is 0 Å². The summed E-state index contributed by atoms with van der Waals surface area (Å²) in [6, 6.07) is 5.70. The normalized spacial score (nSPS) is 11.7. The third-order valence-corrected chi connectivity index (χ3v) is 2.55. The molecule has 0 radical (unpaired) electrons. The Hall–Kier alpha value is -1.91. The molecule has 0 aliphatic rings. The van der Waals surface area contributed by atoms with Crippen LogP contribution >= 0.6 is 0 Å². The molecule has 0 saturated heterocycles. The van der Waals surface area contributed by atoms with E-state index >= 15 is 0 Å². The van der Waals surface area contributed by atoms with Gasteiger partial charge in [0.2, 0.25) is 5.91 Å². The molecule has 0 heterocycles. The molecule has 2 N–H and O–H groups in total. The Kier molecular flexibility index (Phi) is 5.30. The van der Waals surface area contributed by atoms with Crippen LogP contribution in [0.5, 0.6) is 0 Å². The van der Waals surface area contributed by atoms with E-state index in [-0.39, 0.29) is 24.1 Å². The summed E-state index contributed by atoms with van der Waals surface area (Å²) in [7, 11) is 0. The number of nitrogens with one attached hydrogen (secondary N) is 2. The van der Waals surface area contributed by atoms with Crippen LogP contribution in [-0.2, 0) is 4.79 Å². The third-order valence-electron chi connectivity index (χ3n) is 2.55. The number of rotatable bonds is 5. The maximum absolute atomic E-state index is 13.3. The molecular formula is C13H17FN2O2. The first-order valence-corrected chi connectivity index (χ1v) is 5.86. The molecule has 0 aliphatic heterocycles. The van der Waals surface area contributed by atoms with Gasteiger partial charge in [0.05, 0.1) is 12.1 Å². The summed E-state index contributed by atoms with van der Waals surface area (Å²) < 4.78 is 13.3. The van der Waals surface area contributed by atoms with Gasteiger partial charge in [-0.05, 0) is 25.5 Å². The zero-order chi connectivity index (χ0) is 13.5. The Morgan fingerprint density at radius 1 is 1.33 bits per heavy atom. The van der Waals surface area contributed by atoms with Crippen molar-refractivity contribution in [1.82, 2.24) is 10.6 Å². The predicted molar refractivity (Wildman–Crippen MR) is 66.6 cm³/mol. The summed E-state index contributed by atoms with van der Waals surface area (Å²) in [5, 5.41) is 5.08. The minimum atomic E-state index is -0.600. The number of benzene rings is 1. The summed E-state index contributed by atoms with van der Waals surface area (Å²) in [4.78, 5) is 23.0. The fourth-order valence-corrected chi connectivity index (χ4v) is 1.33. The fraction of sp³-hybridized carbons (Fsp3) is 0.385. The van der Waals surface area contributed by atoms with Crippen molar-refractivity contribution in [3.05, 3.63) is 35.6 Å². The molecule has 1 rings (SSSR count). The van der Waals surface area contributed by atoms with Gasteiger partial charge >= 0.3 is 0 Å². The van der Waals surface area contributed by atoms with Crippen LogP contribution in [0.3, 0.4) is 0 Å². The lowest BCUT2D eigenvalue weighted by molar-refractivity contribution is -0.120. The summed E-state index contributed by atoms with van der Waals surface area (Å²) in [6.07, 6.45) is 0.812. The van der Waals surface area contributed by atoms with Crippen molar-refractivity contribution in [2.45, 2.75) is 26.3 Å². The molecule has 0 fully saturated rings. The van der Waals surface area contributed by atoms with Gasteiger partial charge in [-0.1, -0.05) is 19.1 Å². The molecule has 2 amide bonds. The molecule has 0 saturated carbocycles. The summed E-state index contributed by atoms with van der Waals surface area (Å²) in [5.41, 5.74) is -0.0613. The lowest BCUT2D eigenvalue weighted by Crippen LogP contribution is -2.40. The van der Waals surface area contributed by atoms with Crippen LogP contribution in [0.4, 0.5) is 4.39 Å². The second-order valence-corrected chi connectivity index (χ2v) is 4.04. The van der Waals surface area contributed by atoms with Gasteiger partial charge in [-0.3, -0.25) is 9.59 Å². The highest BCUT2D eigenvalue weighted by Gasteiger charge is 2.12. The second-order valence-electron chi connectivity index (χ2n) is 4.04. The van der Waals surface area contributed by atoms with Gasteiger partial charge in [-0.25, -0.2) is 4.39 Å².